The van der Waals surface area contributed by atoms with Gasteiger partial charge >= 0.3 is 0 Å². The molecule has 4 nitrogen and oxygen atoms in total. The predicted molar refractivity (Wildman–Crippen MR) is 98.1 cm³/mol. The van der Waals surface area contributed by atoms with Gasteiger partial charge in [0.15, 0.2) is 0 Å². The normalized spacial score (nSPS) is 26.9. The van der Waals surface area contributed by atoms with Crippen LogP contribution in [0.4, 0.5) is 0 Å². The molecule has 1 aliphatic carbocycles. The molecular formula is C21H30N2O2. The fourth-order valence-corrected chi connectivity index (χ4v) is 4.66. The van der Waals surface area contributed by atoms with E-state index in [4.69, 9.17) is 4.74 Å². The first-order chi connectivity index (χ1) is 12.2. The number of likely N-dealkylation sites (tertiary alicyclic amines) is 1. The number of amides is 1. The number of hydrogen-bond acceptors (Lipinski definition) is 3. The second-order valence-electron chi connectivity index (χ2n) is 8.23. The van der Waals surface area contributed by atoms with Crippen LogP contribution in [-0.4, -0.2) is 55.1 Å². The van der Waals surface area contributed by atoms with E-state index in [9.17, 15) is 4.79 Å². The average molecular weight is 342 g/mol. The van der Waals surface area contributed by atoms with Crippen molar-refractivity contribution < 1.29 is 9.53 Å². The molecule has 0 bridgehead atoms. The van der Waals surface area contributed by atoms with Gasteiger partial charge in [0.25, 0.3) is 0 Å². The van der Waals surface area contributed by atoms with Crippen molar-refractivity contribution in [2.24, 2.45) is 11.3 Å². The molecule has 0 N–H and O–H groups in total. The van der Waals surface area contributed by atoms with Crippen molar-refractivity contribution in [1.82, 2.24) is 9.80 Å². The smallest absolute Gasteiger partial charge is 0.227 e. The number of hydrogen-bond donors (Lipinski definition) is 0. The highest BCUT2D eigenvalue weighted by Crippen LogP contribution is 2.43. The number of rotatable bonds is 3. The van der Waals surface area contributed by atoms with Gasteiger partial charge in [-0.15, -0.1) is 0 Å². The SMILES string of the molecule is O=C(C1CCCN(Cc2ccccc2)C1)N1CCOCC2(CCC2)C1. The van der Waals surface area contributed by atoms with Gasteiger partial charge in [-0.2, -0.15) is 0 Å². The Morgan fingerprint density at radius 3 is 2.76 bits per heavy atom. The van der Waals surface area contributed by atoms with Gasteiger partial charge in [0.05, 0.1) is 19.1 Å². The van der Waals surface area contributed by atoms with Crippen LogP contribution in [0.3, 0.4) is 0 Å². The van der Waals surface area contributed by atoms with Crippen LogP contribution < -0.4 is 0 Å². The van der Waals surface area contributed by atoms with Crippen LogP contribution in [0.1, 0.15) is 37.7 Å². The van der Waals surface area contributed by atoms with E-state index in [1.54, 1.807) is 0 Å². The molecule has 3 fully saturated rings. The highest BCUT2D eigenvalue weighted by molar-refractivity contribution is 5.79. The summed E-state index contributed by atoms with van der Waals surface area (Å²) < 4.78 is 5.82. The van der Waals surface area contributed by atoms with Gasteiger partial charge in [-0.25, -0.2) is 0 Å². The first-order valence-corrected chi connectivity index (χ1v) is 9.87. The van der Waals surface area contributed by atoms with Crippen LogP contribution in [0.15, 0.2) is 30.3 Å². The molecule has 0 aromatic heterocycles. The van der Waals surface area contributed by atoms with Gasteiger partial charge in [0.1, 0.15) is 0 Å². The number of benzene rings is 1. The zero-order valence-electron chi connectivity index (χ0n) is 15.2. The van der Waals surface area contributed by atoms with Crippen molar-refractivity contribution >= 4 is 5.91 Å². The molecule has 1 atom stereocenters. The largest absolute Gasteiger partial charge is 0.379 e. The number of carbonyl (C=O) groups is 1. The topological polar surface area (TPSA) is 32.8 Å². The maximum Gasteiger partial charge on any atom is 0.227 e. The summed E-state index contributed by atoms with van der Waals surface area (Å²) in [6, 6.07) is 10.6. The van der Waals surface area contributed by atoms with Crippen molar-refractivity contribution in [2.75, 3.05) is 39.4 Å². The van der Waals surface area contributed by atoms with Crippen molar-refractivity contribution in [2.45, 2.75) is 38.6 Å². The zero-order valence-corrected chi connectivity index (χ0v) is 15.2. The first-order valence-electron chi connectivity index (χ1n) is 9.87. The molecule has 1 unspecified atom stereocenters. The molecule has 1 amide bonds. The van der Waals surface area contributed by atoms with Gasteiger partial charge in [0, 0.05) is 31.6 Å². The summed E-state index contributed by atoms with van der Waals surface area (Å²) in [7, 11) is 0. The number of nitrogens with zero attached hydrogens (tertiary/aromatic N) is 2. The summed E-state index contributed by atoms with van der Waals surface area (Å²) in [6.45, 7) is 6.20. The van der Waals surface area contributed by atoms with Crippen LogP contribution in [0, 0.1) is 11.3 Å². The Morgan fingerprint density at radius 2 is 2.00 bits per heavy atom. The second kappa shape index (κ2) is 7.46. The van der Waals surface area contributed by atoms with Gasteiger partial charge < -0.3 is 9.64 Å². The minimum absolute atomic E-state index is 0.160. The Labute approximate surface area is 151 Å². The lowest BCUT2D eigenvalue weighted by Gasteiger charge is -2.43. The molecule has 25 heavy (non-hydrogen) atoms. The Morgan fingerprint density at radius 1 is 1.16 bits per heavy atom. The summed E-state index contributed by atoms with van der Waals surface area (Å²) in [5, 5.41) is 0. The van der Waals surface area contributed by atoms with Crippen LogP contribution in [-0.2, 0) is 16.1 Å². The minimum atomic E-state index is 0.160. The molecule has 4 rings (SSSR count). The zero-order chi connectivity index (χ0) is 17.1. The lowest BCUT2D eigenvalue weighted by molar-refractivity contribution is -0.139. The molecule has 0 radical (unpaired) electrons. The molecule has 3 aliphatic rings. The van der Waals surface area contributed by atoms with E-state index in [0.717, 1.165) is 52.2 Å². The monoisotopic (exact) mass is 342 g/mol. The quantitative estimate of drug-likeness (QED) is 0.847. The molecule has 1 aromatic carbocycles. The van der Waals surface area contributed by atoms with E-state index >= 15 is 0 Å². The molecule has 4 heteroatoms. The van der Waals surface area contributed by atoms with Gasteiger partial charge in [-0.1, -0.05) is 36.8 Å². The predicted octanol–water partition coefficient (Wildman–Crippen LogP) is 2.93. The lowest BCUT2D eigenvalue weighted by atomic mass is 9.69. The van der Waals surface area contributed by atoms with Crippen LogP contribution in [0.5, 0.6) is 0 Å². The number of piperidine rings is 1. The van der Waals surface area contributed by atoms with E-state index < -0.39 is 0 Å². The Kier molecular flexibility index (Phi) is 5.09. The maximum atomic E-state index is 13.2. The molecule has 2 saturated heterocycles. The summed E-state index contributed by atoms with van der Waals surface area (Å²) in [5.41, 5.74) is 1.61. The van der Waals surface area contributed by atoms with Crippen LogP contribution in [0.2, 0.25) is 0 Å². The standard InChI is InChI=1S/C21H30N2O2/c24-20(23-12-13-25-17-21(16-23)9-5-10-21)19-8-4-11-22(15-19)14-18-6-2-1-3-7-18/h1-3,6-7,19H,4-5,8-17H2. The fraction of sp³-hybridized carbons (Fsp3) is 0.667. The van der Waals surface area contributed by atoms with Crippen molar-refractivity contribution in [3.63, 3.8) is 0 Å². The minimum Gasteiger partial charge on any atom is -0.379 e. The summed E-state index contributed by atoms with van der Waals surface area (Å²) in [6.07, 6.45) is 5.90. The number of carbonyl (C=O) groups excluding carboxylic acids is 1. The van der Waals surface area contributed by atoms with E-state index in [1.165, 1.54) is 24.8 Å². The second-order valence-corrected chi connectivity index (χ2v) is 8.23. The van der Waals surface area contributed by atoms with Crippen molar-refractivity contribution in [1.29, 1.82) is 0 Å². The van der Waals surface area contributed by atoms with Gasteiger partial charge in [-0.05, 0) is 37.8 Å². The van der Waals surface area contributed by atoms with Crippen molar-refractivity contribution in [3.8, 4) is 0 Å². The Bertz CT molecular complexity index is 585. The average Bonchev–Trinajstić information content (AvgIpc) is 2.85. The number of ether oxygens (including phenoxy) is 1. The molecule has 2 heterocycles. The highest BCUT2D eigenvalue weighted by Gasteiger charge is 2.42. The maximum absolute atomic E-state index is 13.2. The molecule has 136 valence electrons. The van der Waals surface area contributed by atoms with Gasteiger partial charge in [0.2, 0.25) is 5.91 Å². The Balaban J connectivity index is 1.37. The molecule has 1 saturated carbocycles. The fourth-order valence-electron chi connectivity index (χ4n) is 4.66. The van der Waals surface area contributed by atoms with Gasteiger partial charge in [-0.3, -0.25) is 9.69 Å². The van der Waals surface area contributed by atoms with Crippen LogP contribution >= 0.6 is 0 Å². The summed E-state index contributed by atoms with van der Waals surface area (Å²) in [4.78, 5) is 17.8. The first kappa shape index (κ1) is 17.0. The lowest BCUT2D eigenvalue weighted by Crippen LogP contribution is -2.49. The third-order valence-corrected chi connectivity index (χ3v) is 6.27. The van der Waals surface area contributed by atoms with E-state index in [1.807, 2.05) is 0 Å². The molecule has 1 spiro atoms. The molecule has 1 aromatic rings. The van der Waals surface area contributed by atoms with E-state index in [0.29, 0.717) is 12.5 Å². The third-order valence-electron chi connectivity index (χ3n) is 6.27. The third kappa shape index (κ3) is 3.90. The molecular weight excluding hydrogens is 312 g/mol. The van der Waals surface area contributed by atoms with E-state index in [-0.39, 0.29) is 11.3 Å². The molecule has 2 aliphatic heterocycles. The summed E-state index contributed by atoms with van der Waals surface area (Å²) >= 11 is 0. The Hall–Kier alpha value is -1.39. The summed E-state index contributed by atoms with van der Waals surface area (Å²) in [5.74, 6) is 0.530. The van der Waals surface area contributed by atoms with E-state index in [2.05, 4.69) is 40.1 Å². The van der Waals surface area contributed by atoms with Crippen LogP contribution in [0.25, 0.3) is 0 Å². The van der Waals surface area contributed by atoms with Crippen molar-refractivity contribution in [3.05, 3.63) is 35.9 Å². The highest BCUT2D eigenvalue weighted by atomic mass is 16.5.